The average Bonchev–Trinajstić information content (AvgIpc) is 2.75. The number of aromatic nitrogens is 1. The van der Waals surface area contributed by atoms with Crippen LogP contribution in [-0.2, 0) is 17.0 Å². The number of hydrogen-bond donors (Lipinski definition) is 1. The lowest BCUT2D eigenvalue weighted by Crippen LogP contribution is -2.00. The van der Waals surface area contributed by atoms with E-state index in [1.807, 2.05) is 29.6 Å². The molecule has 0 unspecified atom stereocenters. The summed E-state index contributed by atoms with van der Waals surface area (Å²) in [4.78, 5) is 16.0. The van der Waals surface area contributed by atoms with Crippen LogP contribution in [0.25, 0.3) is 0 Å². The highest BCUT2D eigenvalue weighted by Gasteiger charge is 2.06. The largest absolute Gasteiger partial charge is 0.481 e. The van der Waals surface area contributed by atoms with Crippen LogP contribution >= 0.6 is 39.0 Å². The molecule has 18 heavy (non-hydrogen) atoms. The number of rotatable bonds is 5. The van der Waals surface area contributed by atoms with Crippen molar-refractivity contribution >= 4 is 45.0 Å². The lowest BCUT2D eigenvalue weighted by atomic mass is 10.3. The predicted molar refractivity (Wildman–Crippen MR) is 77.2 cm³/mol. The number of hydrogen-bond acceptors (Lipinski definition) is 4. The zero-order valence-corrected chi connectivity index (χ0v) is 12.5. The average molecular weight is 344 g/mol. The second-order valence-electron chi connectivity index (χ2n) is 3.55. The van der Waals surface area contributed by atoms with E-state index in [4.69, 9.17) is 5.11 Å². The van der Waals surface area contributed by atoms with Crippen molar-refractivity contribution in [1.82, 2.24) is 4.98 Å². The number of aliphatic carboxylic acids is 1. The molecule has 1 aromatic heterocycles. The van der Waals surface area contributed by atoms with Gasteiger partial charge in [0.05, 0.1) is 17.9 Å². The molecule has 0 radical (unpaired) electrons. The summed E-state index contributed by atoms with van der Waals surface area (Å²) in [6.45, 7) is 0. The molecule has 1 aromatic carbocycles. The number of carboxylic acids is 1. The quantitative estimate of drug-likeness (QED) is 0.838. The van der Waals surface area contributed by atoms with Crippen LogP contribution in [-0.4, -0.2) is 16.1 Å². The zero-order chi connectivity index (χ0) is 13.0. The summed E-state index contributed by atoms with van der Waals surface area (Å²) in [6.07, 6.45) is -0.000545. The van der Waals surface area contributed by atoms with E-state index < -0.39 is 5.97 Å². The number of carboxylic acid groups (broad SMARTS) is 1. The summed E-state index contributed by atoms with van der Waals surface area (Å²) >= 11 is 6.60. The molecular formula is C12H10BrNO2S2. The fourth-order valence-electron chi connectivity index (χ4n) is 1.33. The molecule has 1 N–H and O–H groups in total. The first-order valence-electron chi connectivity index (χ1n) is 5.17. The molecule has 2 rings (SSSR count). The van der Waals surface area contributed by atoms with E-state index in [2.05, 4.69) is 20.9 Å². The van der Waals surface area contributed by atoms with Gasteiger partial charge in [0, 0.05) is 14.7 Å². The fraction of sp³-hybridized carbons (Fsp3) is 0.167. The predicted octanol–water partition coefficient (Wildman–Crippen LogP) is 3.83. The molecule has 94 valence electrons. The standard InChI is InChI=1S/C12H10BrNO2S2/c13-8-1-3-10(4-2-8)17-7-11-14-9(6-18-11)5-12(15)16/h1-4,6H,5,7H2,(H,15,16). The monoisotopic (exact) mass is 343 g/mol. The molecule has 0 amide bonds. The lowest BCUT2D eigenvalue weighted by molar-refractivity contribution is -0.136. The number of nitrogens with zero attached hydrogens (tertiary/aromatic N) is 1. The Kier molecular flexibility index (Phi) is 4.79. The molecule has 0 aliphatic carbocycles. The van der Waals surface area contributed by atoms with E-state index in [9.17, 15) is 4.79 Å². The lowest BCUT2D eigenvalue weighted by Gasteiger charge is -1.99. The molecule has 6 heteroatoms. The van der Waals surface area contributed by atoms with Gasteiger partial charge in [0.15, 0.2) is 0 Å². The van der Waals surface area contributed by atoms with Gasteiger partial charge < -0.3 is 5.11 Å². The Labute approximate surface area is 121 Å². The highest BCUT2D eigenvalue weighted by Crippen LogP contribution is 2.25. The highest BCUT2D eigenvalue weighted by atomic mass is 79.9. The van der Waals surface area contributed by atoms with Crippen molar-refractivity contribution in [2.45, 2.75) is 17.1 Å². The smallest absolute Gasteiger partial charge is 0.309 e. The van der Waals surface area contributed by atoms with E-state index >= 15 is 0 Å². The maximum absolute atomic E-state index is 10.5. The summed E-state index contributed by atoms with van der Waals surface area (Å²) in [5.74, 6) is -0.0706. The van der Waals surface area contributed by atoms with E-state index in [0.29, 0.717) is 5.69 Å². The molecule has 0 aliphatic rings. The Balaban J connectivity index is 1.92. The normalized spacial score (nSPS) is 10.5. The van der Waals surface area contributed by atoms with E-state index in [-0.39, 0.29) is 6.42 Å². The van der Waals surface area contributed by atoms with Crippen molar-refractivity contribution in [3.63, 3.8) is 0 Å². The molecule has 2 aromatic rings. The van der Waals surface area contributed by atoms with Gasteiger partial charge in [0.1, 0.15) is 5.01 Å². The molecule has 0 bridgehead atoms. The maximum atomic E-state index is 10.5. The zero-order valence-electron chi connectivity index (χ0n) is 9.30. The number of carbonyl (C=O) groups is 1. The Morgan fingerprint density at radius 3 is 2.78 bits per heavy atom. The first kappa shape index (κ1) is 13.6. The Bertz CT molecular complexity index is 539. The minimum Gasteiger partial charge on any atom is -0.481 e. The molecule has 0 saturated heterocycles. The van der Waals surface area contributed by atoms with Gasteiger partial charge in [-0.25, -0.2) is 4.98 Å². The van der Waals surface area contributed by atoms with Crippen LogP contribution in [0.4, 0.5) is 0 Å². The summed E-state index contributed by atoms with van der Waals surface area (Å²) < 4.78 is 1.06. The van der Waals surface area contributed by atoms with Gasteiger partial charge in [-0.2, -0.15) is 0 Å². The van der Waals surface area contributed by atoms with Crippen molar-refractivity contribution in [3.05, 3.63) is 44.8 Å². The van der Waals surface area contributed by atoms with Crippen molar-refractivity contribution in [2.75, 3.05) is 0 Å². The van der Waals surface area contributed by atoms with Gasteiger partial charge in [-0.05, 0) is 24.3 Å². The van der Waals surface area contributed by atoms with Crippen LogP contribution in [0, 0.1) is 0 Å². The van der Waals surface area contributed by atoms with Crippen molar-refractivity contribution in [3.8, 4) is 0 Å². The van der Waals surface area contributed by atoms with Gasteiger partial charge in [-0.15, -0.1) is 23.1 Å². The Hall–Kier alpha value is -0.850. The third-order valence-electron chi connectivity index (χ3n) is 2.11. The van der Waals surface area contributed by atoms with Crippen LogP contribution in [0.2, 0.25) is 0 Å². The fourth-order valence-corrected chi connectivity index (χ4v) is 3.30. The summed E-state index contributed by atoms with van der Waals surface area (Å²) in [7, 11) is 0. The minimum absolute atomic E-state index is 0.000545. The summed E-state index contributed by atoms with van der Waals surface area (Å²) in [5, 5.41) is 11.4. The summed E-state index contributed by atoms with van der Waals surface area (Å²) in [5.41, 5.74) is 0.638. The van der Waals surface area contributed by atoms with Gasteiger partial charge >= 0.3 is 5.97 Å². The highest BCUT2D eigenvalue weighted by molar-refractivity contribution is 9.10. The third-order valence-corrected chi connectivity index (χ3v) is 4.74. The topological polar surface area (TPSA) is 50.2 Å². The first-order valence-corrected chi connectivity index (χ1v) is 7.83. The summed E-state index contributed by atoms with van der Waals surface area (Å²) in [6, 6.07) is 8.08. The third kappa shape index (κ3) is 4.12. The van der Waals surface area contributed by atoms with E-state index in [0.717, 1.165) is 15.2 Å². The van der Waals surface area contributed by atoms with Crippen LogP contribution in [0.3, 0.4) is 0 Å². The second kappa shape index (κ2) is 6.36. The first-order chi connectivity index (χ1) is 8.63. The van der Waals surface area contributed by atoms with Crippen LogP contribution in [0.5, 0.6) is 0 Å². The van der Waals surface area contributed by atoms with Gasteiger partial charge in [0.25, 0.3) is 0 Å². The molecule has 0 fully saturated rings. The molecule has 0 aliphatic heterocycles. The van der Waals surface area contributed by atoms with Crippen molar-refractivity contribution < 1.29 is 9.90 Å². The minimum atomic E-state index is -0.840. The van der Waals surface area contributed by atoms with Crippen LogP contribution < -0.4 is 0 Å². The van der Waals surface area contributed by atoms with Crippen LogP contribution in [0.15, 0.2) is 39.0 Å². The molecular weight excluding hydrogens is 334 g/mol. The SMILES string of the molecule is O=C(O)Cc1csc(CSc2ccc(Br)cc2)n1. The maximum Gasteiger partial charge on any atom is 0.309 e. The molecule has 1 heterocycles. The molecule has 0 atom stereocenters. The van der Waals surface area contributed by atoms with Crippen molar-refractivity contribution in [2.24, 2.45) is 0 Å². The van der Waals surface area contributed by atoms with Gasteiger partial charge in [-0.3, -0.25) is 4.79 Å². The number of thioether (sulfide) groups is 1. The second-order valence-corrected chi connectivity index (χ2v) is 6.45. The molecule has 0 spiro atoms. The molecule has 3 nitrogen and oxygen atoms in total. The van der Waals surface area contributed by atoms with E-state index in [1.165, 1.54) is 16.2 Å². The van der Waals surface area contributed by atoms with Gasteiger partial charge in [0.2, 0.25) is 0 Å². The van der Waals surface area contributed by atoms with Crippen LogP contribution in [0.1, 0.15) is 10.7 Å². The number of benzene rings is 1. The Morgan fingerprint density at radius 2 is 2.11 bits per heavy atom. The van der Waals surface area contributed by atoms with E-state index in [1.54, 1.807) is 11.8 Å². The van der Waals surface area contributed by atoms with Crippen molar-refractivity contribution in [1.29, 1.82) is 0 Å². The number of thiazole rings is 1. The Morgan fingerprint density at radius 1 is 1.39 bits per heavy atom. The number of halogens is 1. The van der Waals surface area contributed by atoms with Gasteiger partial charge in [-0.1, -0.05) is 15.9 Å². The molecule has 0 saturated carbocycles.